The molecule has 0 radical (unpaired) electrons. The molecule has 0 aromatic carbocycles. The molecule has 0 bridgehead atoms. The van der Waals surface area contributed by atoms with Crippen molar-refractivity contribution in [2.75, 3.05) is 24.6 Å². The number of pyridine rings is 2. The molecule has 0 aliphatic carbocycles. The van der Waals surface area contributed by atoms with Gasteiger partial charge in [-0.15, -0.1) is 0 Å². The van der Waals surface area contributed by atoms with Gasteiger partial charge in [-0.2, -0.15) is 10.4 Å². The molecule has 4 rings (SSSR count). The Labute approximate surface area is 191 Å². The highest BCUT2D eigenvalue weighted by Gasteiger charge is 2.22. The van der Waals surface area contributed by atoms with Gasteiger partial charge >= 0.3 is 6.09 Å². The van der Waals surface area contributed by atoms with Gasteiger partial charge in [0, 0.05) is 36.5 Å². The van der Waals surface area contributed by atoms with Crippen LogP contribution in [0, 0.1) is 11.3 Å². The molecular formula is C23H26N6O4. The summed E-state index contributed by atoms with van der Waals surface area (Å²) >= 11 is 0. The van der Waals surface area contributed by atoms with Gasteiger partial charge in [0.25, 0.3) is 0 Å². The molecule has 3 aromatic rings. The van der Waals surface area contributed by atoms with Crippen LogP contribution in [0.4, 0.5) is 10.6 Å². The van der Waals surface area contributed by atoms with Crippen molar-refractivity contribution in [2.45, 2.75) is 38.3 Å². The summed E-state index contributed by atoms with van der Waals surface area (Å²) in [5.74, 6) is 1.33. The molecule has 0 saturated carbocycles. The van der Waals surface area contributed by atoms with Gasteiger partial charge in [0.2, 0.25) is 0 Å². The third-order valence-electron chi connectivity index (χ3n) is 5.50. The number of aromatic nitrogens is 3. The van der Waals surface area contributed by atoms with Crippen LogP contribution >= 0.6 is 0 Å². The highest BCUT2D eigenvalue weighted by atomic mass is 16.5. The van der Waals surface area contributed by atoms with Crippen LogP contribution in [-0.2, 0) is 0 Å². The molecule has 1 saturated heterocycles. The van der Waals surface area contributed by atoms with Crippen LogP contribution in [0.3, 0.4) is 0 Å². The largest absolute Gasteiger partial charge is 0.489 e. The SMILES string of the molecule is CC(C)(O)COc1cc(-c2ccc(N3CCC(NC(=O)O)CC3)nc2)c2c(C#N)cnn2c1. The molecule has 3 aromatic heterocycles. The number of hydrogen-bond acceptors (Lipinski definition) is 7. The number of carbonyl (C=O) groups is 1. The molecule has 172 valence electrons. The number of anilines is 1. The van der Waals surface area contributed by atoms with Crippen molar-refractivity contribution in [2.24, 2.45) is 0 Å². The zero-order valence-electron chi connectivity index (χ0n) is 18.5. The van der Waals surface area contributed by atoms with E-state index < -0.39 is 11.7 Å². The number of carboxylic acid groups (broad SMARTS) is 1. The Morgan fingerprint density at radius 1 is 1.33 bits per heavy atom. The van der Waals surface area contributed by atoms with E-state index >= 15 is 0 Å². The fraction of sp³-hybridized carbons (Fsp3) is 0.391. The predicted octanol–water partition coefficient (Wildman–Crippen LogP) is 2.65. The summed E-state index contributed by atoms with van der Waals surface area (Å²) in [6.07, 6.45) is 5.39. The number of rotatable bonds is 6. The number of aliphatic hydroxyl groups is 1. The molecule has 3 N–H and O–H groups in total. The van der Waals surface area contributed by atoms with Crippen molar-refractivity contribution in [1.82, 2.24) is 19.9 Å². The monoisotopic (exact) mass is 450 g/mol. The summed E-state index contributed by atoms with van der Waals surface area (Å²) in [5.41, 5.74) is 1.66. The van der Waals surface area contributed by atoms with Crippen LogP contribution in [0.25, 0.3) is 16.6 Å². The van der Waals surface area contributed by atoms with E-state index in [1.807, 2.05) is 18.2 Å². The Morgan fingerprint density at radius 3 is 2.70 bits per heavy atom. The lowest BCUT2D eigenvalue weighted by Crippen LogP contribution is -2.44. The Kier molecular flexibility index (Phi) is 6.07. The molecule has 4 heterocycles. The lowest BCUT2D eigenvalue weighted by Gasteiger charge is -2.32. The number of piperidine rings is 1. The number of ether oxygens (including phenoxy) is 1. The van der Waals surface area contributed by atoms with Gasteiger partial charge in [-0.3, -0.25) is 0 Å². The number of fused-ring (bicyclic) bond motifs is 1. The number of nitriles is 1. The first-order chi connectivity index (χ1) is 15.7. The normalized spacial score (nSPS) is 14.8. The molecular weight excluding hydrogens is 424 g/mol. The van der Waals surface area contributed by atoms with Crippen molar-refractivity contribution in [1.29, 1.82) is 5.26 Å². The van der Waals surface area contributed by atoms with Crippen molar-refractivity contribution in [3.8, 4) is 22.9 Å². The average molecular weight is 450 g/mol. The predicted molar refractivity (Wildman–Crippen MR) is 121 cm³/mol. The topological polar surface area (TPSA) is 136 Å². The van der Waals surface area contributed by atoms with Crippen LogP contribution in [0.15, 0.2) is 36.8 Å². The van der Waals surface area contributed by atoms with E-state index in [9.17, 15) is 15.2 Å². The summed E-state index contributed by atoms with van der Waals surface area (Å²) < 4.78 is 7.37. The molecule has 10 nitrogen and oxygen atoms in total. The van der Waals surface area contributed by atoms with Crippen molar-refractivity contribution < 1.29 is 19.7 Å². The number of nitrogens with one attached hydrogen (secondary N) is 1. The first kappa shape index (κ1) is 22.4. The lowest BCUT2D eigenvalue weighted by molar-refractivity contribution is 0.0283. The van der Waals surface area contributed by atoms with E-state index in [0.717, 1.165) is 29.8 Å². The van der Waals surface area contributed by atoms with Gasteiger partial charge < -0.3 is 25.2 Å². The van der Waals surface area contributed by atoms with Crippen LogP contribution in [0.5, 0.6) is 5.75 Å². The Morgan fingerprint density at radius 2 is 2.09 bits per heavy atom. The minimum absolute atomic E-state index is 0.0378. The molecule has 1 aliphatic heterocycles. The summed E-state index contributed by atoms with van der Waals surface area (Å²) in [6, 6.07) is 7.82. The van der Waals surface area contributed by atoms with Gasteiger partial charge in [0.05, 0.1) is 29.1 Å². The second-order valence-corrected chi connectivity index (χ2v) is 8.77. The Hall–Kier alpha value is -3.84. The lowest BCUT2D eigenvalue weighted by atomic mass is 10.0. The van der Waals surface area contributed by atoms with Crippen molar-refractivity contribution in [3.05, 3.63) is 42.4 Å². The minimum atomic E-state index is -0.993. The van der Waals surface area contributed by atoms with Crippen LogP contribution in [-0.4, -0.2) is 62.2 Å². The van der Waals surface area contributed by atoms with Gasteiger partial charge in [-0.05, 0) is 44.9 Å². The summed E-state index contributed by atoms with van der Waals surface area (Å²) in [7, 11) is 0. The molecule has 1 fully saturated rings. The van der Waals surface area contributed by atoms with E-state index in [1.165, 1.54) is 6.20 Å². The van der Waals surface area contributed by atoms with Gasteiger partial charge in [-0.25, -0.2) is 14.3 Å². The van der Waals surface area contributed by atoms with Crippen LogP contribution in [0.1, 0.15) is 32.3 Å². The maximum Gasteiger partial charge on any atom is 0.404 e. The number of amides is 1. The van der Waals surface area contributed by atoms with Gasteiger partial charge in [0.15, 0.2) is 0 Å². The minimum Gasteiger partial charge on any atom is -0.489 e. The average Bonchev–Trinajstić information content (AvgIpc) is 3.20. The first-order valence-electron chi connectivity index (χ1n) is 10.7. The molecule has 0 unspecified atom stereocenters. The van der Waals surface area contributed by atoms with E-state index in [4.69, 9.17) is 9.84 Å². The Bertz CT molecular complexity index is 1180. The molecule has 33 heavy (non-hydrogen) atoms. The van der Waals surface area contributed by atoms with Crippen molar-refractivity contribution in [3.63, 3.8) is 0 Å². The van der Waals surface area contributed by atoms with E-state index in [2.05, 4.69) is 26.4 Å². The summed E-state index contributed by atoms with van der Waals surface area (Å²) in [4.78, 5) is 17.6. The Balaban J connectivity index is 1.60. The molecule has 0 spiro atoms. The van der Waals surface area contributed by atoms with Crippen LogP contribution in [0.2, 0.25) is 0 Å². The third kappa shape index (κ3) is 5.15. The van der Waals surface area contributed by atoms with E-state index in [-0.39, 0.29) is 12.6 Å². The highest BCUT2D eigenvalue weighted by molar-refractivity contribution is 5.85. The first-order valence-corrected chi connectivity index (χ1v) is 10.7. The van der Waals surface area contributed by atoms with E-state index in [1.54, 1.807) is 30.8 Å². The van der Waals surface area contributed by atoms with Gasteiger partial charge in [-0.1, -0.05) is 0 Å². The van der Waals surface area contributed by atoms with E-state index in [0.29, 0.717) is 29.9 Å². The smallest absolute Gasteiger partial charge is 0.404 e. The highest BCUT2D eigenvalue weighted by Crippen LogP contribution is 2.32. The standard InChI is InChI=1S/C23H26N6O4/c1-23(2,32)14-33-18-9-19(21-16(10-24)12-26-29(21)13-18)15-3-4-20(25-11-15)28-7-5-17(6-8-28)27-22(30)31/h3-4,9,11-13,17,27,32H,5-8,14H2,1-2H3,(H,30,31). The molecule has 10 heteroatoms. The fourth-order valence-corrected chi connectivity index (χ4v) is 3.90. The maximum atomic E-state index is 10.8. The fourth-order valence-electron chi connectivity index (χ4n) is 3.90. The molecule has 1 amide bonds. The second kappa shape index (κ2) is 8.96. The molecule has 0 atom stereocenters. The molecule has 1 aliphatic rings. The van der Waals surface area contributed by atoms with Crippen molar-refractivity contribution >= 4 is 17.4 Å². The number of hydrogen-bond donors (Lipinski definition) is 3. The quantitative estimate of drug-likeness (QED) is 0.521. The van der Waals surface area contributed by atoms with Crippen LogP contribution < -0.4 is 15.0 Å². The number of nitrogens with zero attached hydrogens (tertiary/aromatic N) is 5. The second-order valence-electron chi connectivity index (χ2n) is 8.77. The summed E-state index contributed by atoms with van der Waals surface area (Å²) in [5, 5.41) is 35.2. The summed E-state index contributed by atoms with van der Waals surface area (Å²) in [6.45, 7) is 4.86. The third-order valence-corrected chi connectivity index (χ3v) is 5.50. The zero-order valence-corrected chi connectivity index (χ0v) is 18.5. The maximum absolute atomic E-state index is 10.8. The zero-order chi connectivity index (χ0) is 23.6. The van der Waals surface area contributed by atoms with Gasteiger partial charge in [0.1, 0.15) is 24.2 Å².